The summed E-state index contributed by atoms with van der Waals surface area (Å²) in [6.45, 7) is 4.97. The Labute approximate surface area is 292 Å². The third kappa shape index (κ3) is 4.28. The second kappa shape index (κ2) is 11.0. The molecule has 238 valence electrons. The van der Waals surface area contributed by atoms with E-state index in [1.54, 1.807) is 0 Å². The van der Waals surface area contributed by atoms with Crippen LogP contribution in [-0.4, -0.2) is 12.6 Å². The van der Waals surface area contributed by atoms with Gasteiger partial charge in [0.25, 0.3) is 0 Å². The SMILES string of the molecule is C[Si]1(C)c2ccccc2N(c2ccc(-c3ccccc3)cc2)c2cc(-c3ccc(-n4c5ccccc5c5oc6ccccc6c54)cc3)ccc21. The smallest absolute Gasteiger partial charge is 0.161 e. The minimum atomic E-state index is -1.96. The van der Waals surface area contributed by atoms with Gasteiger partial charge in [0.1, 0.15) is 19.2 Å². The van der Waals surface area contributed by atoms with Crippen LogP contribution in [0.2, 0.25) is 13.1 Å². The number of furan rings is 1. The van der Waals surface area contributed by atoms with E-state index in [1.807, 2.05) is 6.07 Å². The summed E-state index contributed by atoms with van der Waals surface area (Å²) in [7, 11) is -1.96. The van der Waals surface area contributed by atoms with Crippen LogP contribution in [0.1, 0.15) is 0 Å². The molecule has 9 aromatic rings. The van der Waals surface area contributed by atoms with E-state index in [1.165, 1.54) is 49.7 Å². The molecule has 10 rings (SSSR count). The van der Waals surface area contributed by atoms with Crippen LogP contribution in [-0.2, 0) is 0 Å². The van der Waals surface area contributed by atoms with Crippen molar-refractivity contribution in [2.45, 2.75) is 13.1 Å². The first-order valence-corrected chi connectivity index (χ1v) is 20.3. The highest BCUT2D eigenvalue weighted by molar-refractivity contribution is 7.02. The molecule has 0 amide bonds. The predicted octanol–water partition coefficient (Wildman–Crippen LogP) is 11.5. The lowest BCUT2D eigenvalue weighted by Crippen LogP contribution is -2.58. The second-order valence-electron chi connectivity index (χ2n) is 13.8. The predicted molar refractivity (Wildman–Crippen MR) is 213 cm³/mol. The highest BCUT2D eigenvalue weighted by Gasteiger charge is 2.38. The highest BCUT2D eigenvalue weighted by atomic mass is 28.3. The molecule has 0 fully saturated rings. The first kappa shape index (κ1) is 28.9. The van der Waals surface area contributed by atoms with E-state index in [0.29, 0.717) is 0 Å². The van der Waals surface area contributed by atoms with Crippen LogP contribution >= 0.6 is 0 Å². The quantitative estimate of drug-likeness (QED) is 0.176. The summed E-state index contributed by atoms with van der Waals surface area (Å²) in [5.41, 5.74) is 13.8. The first-order valence-electron chi connectivity index (χ1n) is 17.3. The first-order chi connectivity index (χ1) is 24.6. The van der Waals surface area contributed by atoms with E-state index >= 15 is 0 Å². The maximum absolute atomic E-state index is 6.41. The van der Waals surface area contributed by atoms with Crippen molar-refractivity contribution in [2.75, 3.05) is 4.90 Å². The fourth-order valence-electron chi connectivity index (χ4n) is 8.10. The molecule has 3 nitrogen and oxygen atoms in total. The lowest BCUT2D eigenvalue weighted by molar-refractivity contribution is 0.673. The van der Waals surface area contributed by atoms with Gasteiger partial charge in [-0.25, -0.2) is 0 Å². The minimum absolute atomic E-state index is 0.912. The second-order valence-corrected chi connectivity index (χ2v) is 18.1. The molecular weight excluding hydrogens is 625 g/mol. The van der Waals surface area contributed by atoms with Gasteiger partial charge in [-0.1, -0.05) is 122 Å². The van der Waals surface area contributed by atoms with Crippen molar-refractivity contribution in [1.82, 2.24) is 4.57 Å². The lowest BCUT2D eigenvalue weighted by atomic mass is 10.0. The molecule has 0 aliphatic carbocycles. The van der Waals surface area contributed by atoms with Crippen LogP contribution in [0.4, 0.5) is 17.1 Å². The van der Waals surface area contributed by atoms with Crippen molar-refractivity contribution in [3.63, 3.8) is 0 Å². The summed E-state index contributed by atoms with van der Waals surface area (Å²) in [4.78, 5) is 2.47. The lowest BCUT2D eigenvalue weighted by Gasteiger charge is -2.41. The number of aromatic nitrogens is 1. The average Bonchev–Trinajstić information content (AvgIpc) is 3.70. The van der Waals surface area contributed by atoms with Crippen molar-refractivity contribution in [3.8, 4) is 27.9 Å². The number of hydrogen-bond acceptors (Lipinski definition) is 2. The van der Waals surface area contributed by atoms with Crippen LogP contribution < -0.4 is 15.3 Å². The van der Waals surface area contributed by atoms with Crippen LogP contribution in [0.5, 0.6) is 0 Å². The number of benzene rings is 7. The van der Waals surface area contributed by atoms with Gasteiger partial charge in [0.05, 0.1) is 5.52 Å². The Bertz CT molecular complexity index is 2710. The number of para-hydroxylation sites is 3. The van der Waals surface area contributed by atoms with Gasteiger partial charge >= 0.3 is 0 Å². The van der Waals surface area contributed by atoms with Crippen molar-refractivity contribution in [3.05, 3.63) is 170 Å². The van der Waals surface area contributed by atoms with Crippen molar-refractivity contribution in [1.29, 1.82) is 0 Å². The standard InChI is InChI=1S/C46H34N2OSi/c1-50(2)43-19-11-9-17-40(43)47(35-25-20-32(21-26-35)31-12-4-3-5-13-31)41-30-34(24-29-44(41)50)33-22-27-36(28-23-33)48-39-16-8-6-14-37(39)46-45(48)38-15-7-10-18-42(38)49-46/h3-30H,1-2H3. The van der Waals surface area contributed by atoms with Crippen LogP contribution in [0.15, 0.2) is 174 Å². The van der Waals surface area contributed by atoms with E-state index in [-0.39, 0.29) is 0 Å². The minimum Gasteiger partial charge on any atom is -0.454 e. The molecule has 0 N–H and O–H groups in total. The normalized spacial score (nSPS) is 13.5. The van der Waals surface area contributed by atoms with E-state index in [4.69, 9.17) is 4.42 Å². The molecule has 0 bridgehead atoms. The van der Waals surface area contributed by atoms with Gasteiger partial charge in [-0.15, -0.1) is 0 Å². The number of fused-ring (bicyclic) bond motifs is 7. The summed E-state index contributed by atoms with van der Waals surface area (Å²) in [5.74, 6) is 0. The molecule has 0 spiro atoms. The van der Waals surface area contributed by atoms with Gasteiger partial charge in [0, 0.05) is 33.5 Å². The maximum atomic E-state index is 6.41. The third-order valence-electron chi connectivity index (χ3n) is 10.6. The van der Waals surface area contributed by atoms with Crippen molar-refractivity contribution < 1.29 is 4.42 Å². The zero-order valence-corrected chi connectivity index (χ0v) is 29.0. The number of hydrogen-bond donors (Lipinski definition) is 0. The molecule has 0 radical (unpaired) electrons. The Balaban J connectivity index is 1.09. The Morgan fingerprint density at radius 3 is 1.84 bits per heavy atom. The molecule has 0 unspecified atom stereocenters. The summed E-state index contributed by atoms with van der Waals surface area (Å²) in [6, 6.07) is 61.6. The Hall–Kier alpha value is -6.10. The van der Waals surface area contributed by atoms with Crippen LogP contribution in [0, 0.1) is 0 Å². The zero-order valence-electron chi connectivity index (χ0n) is 28.0. The molecule has 0 saturated carbocycles. The molecule has 2 aromatic heterocycles. The van der Waals surface area contributed by atoms with Gasteiger partial charge in [-0.2, -0.15) is 0 Å². The summed E-state index contributed by atoms with van der Waals surface area (Å²) in [5, 5.41) is 5.17. The molecule has 3 heterocycles. The van der Waals surface area contributed by atoms with Gasteiger partial charge in [0.15, 0.2) is 5.58 Å². The molecule has 50 heavy (non-hydrogen) atoms. The van der Waals surface area contributed by atoms with E-state index < -0.39 is 8.07 Å². The molecule has 0 atom stereocenters. The third-order valence-corrected chi connectivity index (χ3v) is 14.1. The van der Waals surface area contributed by atoms with Crippen molar-refractivity contribution in [2.24, 2.45) is 0 Å². The fourth-order valence-corrected chi connectivity index (χ4v) is 11.1. The maximum Gasteiger partial charge on any atom is 0.161 e. The molecular formula is C46H34N2OSi. The summed E-state index contributed by atoms with van der Waals surface area (Å²) in [6.07, 6.45) is 0. The van der Waals surface area contributed by atoms with Crippen LogP contribution in [0.25, 0.3) is 60.9 Å². The molecule has 1 aliphatic rings. The Kier molecular flexibility index (Phi) is 6.33. The average molecular weight is 659 g/mol. The van der Waals surface area contributed by atoms with Gasteiger partial charge in [0.2, 0.25) is 0 Å². The summed E-state index contributed by atoms with van der Waals surface area (Å²) < 4.78 is 8.76. The Morgan fingerprint density at radius 2 is 1.04 bits per heavy atom. The van der Waals surface area contributed by atoms with Crippen LogP contribution in [0.3, 0.4) is 0 Å². The number of anilines is 3. The van der Waals surface area contributed by atoms with Gasteiger partial charge in [-0.05, 0) is 93.3 Å². The summed E-state index contributed by atoms with van der Waals surface area (Å²) >= 11 is 0. The monoisotopic (exact) mass is 658 g/mol. The van der Waals surface area contributed by atoms with E-state index in [0.717, 1.165) is 38.7 Å². The molecule has 7 aromatic carbocycles. The van der Waals surface area contributed by atoms with E-state index in [2.05, 4.69) is 186 Å². The molecule has 0 saturated heterocycles. The van der Waals surface area contributed by atoms with Gasteiger partial charge in [-0.3, -0.25) is 0 Å². The Morgan fingerprint density at radius 1 is 0.460 bits per heavy atom. The zero-order chi connectivity index (χ0) is 33.4. The fraction of sp³-hybridized carbons (Fsp3) is 0.0435. The highest BCUT2D eigenvalue weighted by Crippen LogP contribution is 2.42. The largest absolute Gasteiger partial charge is 0.454 e. The van der Waals surface area contributed by atoms with Gasteiger partial charge < -0.3 is 13.9 Å². The number of nitrogens with zero attached hydrogens (tertiary/aromatic N) is 2. The number of rotatable bonds is 4. The van der Waals surface area contributed by atoms with E-state index in [9.17, 15) is 0 Å². The molecule has 1 aliphatic heterocycles. The molecule has 4 heteroatoms. The van der Waals surface area contributed by atoms with Crippen molar-refractivity contribution >= 4 is 68.5 Å². The topological polar surface area (TPSA) is 21.3 Å².